The molecule has 1 aromatic rings. The van der Waals surface area contributed by atoms with Gasteiger partial charge in [-0.15, -0.1) is 0 Å². The highest BCUT2D eigenvalue weighted by Gasteiger charge is 2.09. The van der Waals surface area contributed by atoms with Crippen LogP contribution in [0.1, 0.15) is 24.2 Å². The van der Waals surface area contributed by atoms with E-state index in [0.717, 1.165) is 0 Å². The maximum Gasteiger partial charge on any atom is 0.325 e. The van der Waals surface area contributed by atoms with Crippen molar-refractivity contribution in [3.8, 4) is 0 Å². The molecule has 104 valence electrons. The van der Waals surface area contributed by atoms with Crippen molar-refractivity contribution in [2.45, 2.75) is 13.8 Å². The Bertz CT molecular complexity index is 460. The number of nitrogens with two attached hydrogens (primary N) is 1. The summed E-state index contributed by atoms with van der Waals surface area (Å²) in [5.41, 5.74) is 7.27. The number of hydrogen-bond donors (Lipinski definition) is 3. The summed E-state index contributed by atoms with van der Waals surface area (Å²) in [6.45, 7) is 4.47. The van der Waals surface area contributed by atoms with Crippen LogP contribution in [0.25, 0.3) is 0 Å². The third-order valence-electron chi connectivity index (χ3n) is 2.38. The van der Waals surface area contributed by atoms with Crippen molar-refractivity contribution in [2.24, 2.45) is 0 Å². The fraction of sp³-hybridized carbons (Fsp3) is 0.385. The van der Waals surface area contributed by atoms with E-state index in [1.54, 1.807) is 25.1 Å². The summed E-state index contributed by atoms with van der Waals surface area (Å²) in [6, 6.07) is 4.87. The first-order valence-corrected chi connectivity index (χ1v) is 6.15. The van der Waals surface area contributed by atoms with Crippen molar-refractivity contribution in [1.29, 1.82) is 0 Å². The second kappa shape index (κ2) is 7.25. The Balaban J connectivity index is 2.74. The van der Waals surface area contributed by atoms with Crippen molar-refractivity contribution >= 4 is 23.3 Å². The highest BCUT2D eigenvalue weighted by Crippen LogP contribution is 2.19. The fourth-order valence-electron chi connectivity index (χ4n) is 1.49. The lowest BCUT2D eigenvalue weighted by Crippen LogP contribution is -2.23. The number of anilines is 2. The van der Waals surface area contributed by atoms with Crippen LogP contribution in [0.4, 0.5) is 11.4 Å². The molecule has 0 saturated carbocycles. The molecule has 0 atom stereocenters. The minimum atomic E-state index is -0.370. The molecule has 1 aromatic carbocycles. The molecule has 1 rings (SSSR count). The number of esters is 1. The highest BCUT2D eigenvalue weighted by atomic mass is 16.5. The summed E-state index contributed by atoms with van der Waals surface area (Å²) < 4.78 is 4.80. The Kier molecular flexibility index (Phi) is 5.66. The number of benzene rings is 1. The van der Waals surface area contributed by atoms with Crippen LogP contribution in [-0.4, -0.2) is 31.6 Å². The van der Waals surface area contributed by atoms with Crippen LogP contribution in [0.15, 0.2) is 18.2 Å². The van der Waals surface area contributed by atoms with Gasteiger partial charge in [-0.05, 0) is 32.0 Å². The Morgan fingerprint density at radius 1 is 1.32 bits per heavy atom. The van der Waals surface area contributed by atoms with E-state index in [1.807, 2.05) is 6.92 Å². The monoisotopic (exact) mass is 265 g/mol. The predicted octanol–water partition coefficient (Wildman–Crippen LogP) is 0.993. The van der Waals surface area contributed by atoms with Crippen LogP contribution >= 0.6 is 0 Å². The standard InChI is InChI=1S/C13H19N3O3/c1-3-15-13(18)9-5-6-10(14)11(7-9)16-8-12(17)19-4-2/h5-7,16H,3-4,8,14H2,1-2H3,(H,15,18). The zero-order valence-corrected chi connectivity index (χ0v) is 11.2. The van der Waals surface area contributed by atoms with Gasteiger partial charge in [-0.2, -0.15) is 0 Å². The Morgan fingerprint density at radius 2 is 2.05 bits per heavy atom. The average Bonchev–Trinajstić information content (AvgIpc) is 2.38. The van der Waals surface area contributed by atoms with Crippen molar-refractivity contribution in [3.05, 3.63) is 23.8 Å². The van der Waals surface area contributed by atoms with E-state index < -0.39 is 0 Å². The van der Waals surface area contributed by atoms with E-state index in [9.17, 15) is 9.59 Å². The molecule has 19 heavy (non-hydrogen) atoms. The SMILES string of the molecule is CCNC(=O)c1ccc(N)c(NCC(=O)OCC)c1. The van der Waals surface area contributed by atoms with E-state index in [1.165, 1.54) is 0 Å². The normalized spacial score (nSPS) is 9.79. The molecule has 0 heterocycles. The third-order valence-corrected chi connectivity index (χ3v) is 2.38. The molecule has 4 N–H and O–H groups in total. The fourth-order valence-corrected chi connectivity index (χ4v) is 1.49. The molecule has 1 amide bonds. The molecule has 0 bridgehead atoms. The zero-order valence-electron chi connectivity index (χ0n) is 11.2. The minimum Gasteiger partial charge on any atom is -0.465 e. The largest absolute Gasteiger partial charge is 0.465 e. The van der Waals surface area contributed by atoms with E-state index in [0.29, 0.717) is 30.1 Å². The maximum atomic E-state index is 11.7. The number of carbonyl (C=O) groups is 2. The van der Waals surface area contributed by atoms with Crippen LogP contribution in [0.5, 0.6) is 0 Å². The van der Waals surface area contributed by atoms with Gasteiger partial charge in [0.1, 0.15) is 6.54 Å². The summed E-state index contributed by atoms with van der Waals surface area (Å²) >= 11 is 0. The number of carbonyl (C=O) groups excluding carboxylic acids is 2. The van der Waals surface area contributed by atoms with Gasteiger partial charge in [0.2, 0.25) is 0 Å². The Morgan fingerprint density at radius 3 is 2.68 bits per heavy atom. The molecular formula is C13H19N3O3. The van der Waals surface area contributed by atoms with Gasteiger partial charge in [0.05, 0.1) is 18.0 Å². The van der Waals surface area contributed by atoms with Gasteiger partial charge in [-0.3, -0.25) is 9.59 Å². The highest BCUT2D eigenvalue weighted by molar-refractivity contribution is 5.96. The zero-order chi connectivity index (χ0) is 14.3. The molecule has 0 saturated heterocycles. The first kappa shape index (κ1) is 14.8. The van der Waals surface area contributed by atoms with Crippen LogP contribution in [0.2, 0.25) is 0 Å². The first-order valence-electron chi connectivity index (χ1n) is 6.15. The number of nitrogen functional groups attached to an aromatic ring is 1. The third kappa shape index (κ3) is 4.50. The van der Waals surface area contributed by atoms with Crippen molar-refractivity contribution in [3.63, 3.8) is 0 Å². The van der Waals surface area contributed by atoms with E-state index >= 15 is 0 Å². The van der Waals surface area contributed by atoms with Crippen LogP contribution in [-0.2, 0) is 9.53 Å². The molecule has 0 aliphatic rings. The number of ether oxygens (including phenoxy) is 1. The second-order valence-corrected chi connectivity index (χ2v) is 3.82. The minimum absolute atomic E-state index is 0.0108. The van der Waals surface area contributed by atoms with E-state index in [-0.39, 0.29) is 18.4 Å². The molecule has 6 nitrogen and oxygen atoms in total. The number of rotatable bonds is 6. The molecule has 0 aromatic heterocycles. The number of amides is 1. The van der Waals surface area contributed by atoms with E-state index in [2.05, 4.69) is 10.6 Å². The van der Waals surface area contributed by atoms with E-state index in [4.69, 9.17) is 10.5 Å². The Labute approximate surface area is 112 Å². The van der Waals surface area contributed by atoms with Gasteiger partial charge < -0.3 is 21.1 Å². The topological polar surface area (TPSA) is 93.5 Å². The van der Waals surface area contributed by atoms with Crippen molar-refractivity contribution in [2.75, 3.05) is 30.7 Å². The van der Waals surface area contributed by atoms with Crippen LogP contribution < -0.4 is 16.4 Å². The average molecular weight is 265 g/mol. The molecule has 0 radical (unpaired) electrons. The first-order chi connectivity index (χ1) is 9.08. The molecule has 0 aliphatic heterocycles. The van der Waals surface area contributed by atoms with Crippen molar-refractivity contribution < 1.29 is 14.3 Å². The lowest BCUT2D eigenvalue weighted by molar-refractivity contribution is -0.140. The summed E-state index contributed by atoms with van der Waals surface area (Å²) in [7, 11) is 0. The van der Waals surface area contributed by atoms with Crippen LogP contribution in [0, 0.1) is 0 Å². The summed E-state index contributed by atoms with van der Waals surface area (Å²) in [6.07, 6.45) is 0. The summed E-state index contributed by atoms with van der Waals surface area (Å²) in [5.74, 6) is -0.549. The van der Waals surface area contributed by atoms with Gasteiger partial charge in [0, 0.05) is 12.1 Å². The van der Waals surface area contributed by atoms with Gasteiger partial charge in [0.15, 0.2) is 0 Å². The smallest absolute Gasteiger partial charge is 0.325 e. The lowest BCUT2D eigenvalue weighted by atomic mass is 10.1. The van der Waals surface area contributed by atoms with Crippen molar-refractivity contribution in [1.82, 2.24) is 5.32 Å². The maximum absolute atomic E-state index is 11.7. The molecule has 0 spiro atoms. The molecular weight excluding hydrogens is 246 g/mol. The van der Waals surface area contributed by atoms with Gasteiger partial charge in [0.25, 0.3) is 5.91 Å². The van der Waals surface area contributed by atoms with Gasteiger partial charge in [-0.25, -0.2) is 0 Å². The molecule has 0 unspecified atom stereocenters. The second-order valence-electron chi connectivity index (χ2n) is 3.82. The quantitative estimate of drug-likeness (QED) is 0.527. The number of hydrogen-bond acceptors (Lipinski definition) is 5. The lowest BCUT2D eigenvalue weighted by Gasteiger charge is -2.10. The molecule has 0 fully saturated rings. The molecule has 0 aliphatic carbocycles. The predicted molar refractivity (Wildman–Crippen MR) is 74.0 cm³/mol. The van der Waals surface area contributed by atoms with Gasteiger partial charge >= 0.3 is 5.97 Å². The van der Waals surface area contributed by atoms with Crippen LogP contribution in [0.3, 0.4) is 0 Å². The molecule has 6 heteroatoms. The number of nitrogens with one attached hydrogen (secondary N) is 2. The summed E-state index contributed by atoms with van der Waals surface area (Å²) in [5, 5.41) is 5.55. The Hall–Kier alpha value is -2.24. The summed E-state index contributed by atoms with van der Waals surface area (Å²) in [4.78, 5) is 22.9. The van der Waals surface area contributed by atoms with Gasteiger partial charge in [-0.1, -0.05) is 0 Å².